The molecule has 152 valence electrons. The fraction of sp³-hybridized carbons (Fsp3) is 0.579. The Morgan fingerprint density at radius 2 is 1.00 bits per heavy atom. The molecule has 0 bridgehead atoms. The number of hydrogen-bond acceptors (Lipinski definition) is 6. The van der Waals surface area contributed by atoms with Crippen LogP contribution >= 0.6 is 0 Å². The van der Waals surface area contributed by atoms with E-state index in [2.05, 4.69) is 0 Å². The standard InChI is InChI=1S/C10H14O5.C9H14O3/c1-7(2-4-9(12)13)6-8(11)3-5-10(14)15;1-7(10)3-5-9(12)6-4-8(2)11/h6H,2-5H2,1H3,(H,12,13)(H,14,15);3-6H2,1-2H3/b7-6+;. The van der Waals surface area contributed by atoms with E-state index in [1.807, 2.05) is 0 Å². The van der Waals surface area contributed by atoms with Gasteiger partial charge in [0.25, 0.3) is 0 Å². The van der Waals surface area contributed by atoms with E-state index in [1.54, 1.807) is 6.92 Å². The summed E-state index contributed by atoms with van der Waals surface area (Å²) in [5.74, 6) is -2.17. The van der Waals surface area contributed by atoms with Crippen LogP contribution in [0, 0.1) is 0 Å². The zero-order valence-corrected chi connectivity index (χ0v) is 16.1. The lowest BCUT2D eigenvalue weighted by Crippen LogP contribution is -2.03. The van der Waals surface area contributed by atoms with Crippen LogP contribution in [0.15, 0.2) is 11.6 Å². The Labute approximate surface area is 158 Å². The quantitative estimate of drug-likeness (QED) is 0.461. The maximum atomic E-state index is 11.1. The molecule has 2 N–H and O–H groups in total. The van der Waals surface area contributed by atoms with Crippen LogP contribution in [0.25, 0.3) is 0 Å². The Hall–Kier alpha value is -2.64. The molecule has 0 aliphatic rings. The number of hydrogen-bond donors (Lipinski definition) is 2. The Balaban J connectivity index is 0. The van der Waals surface area contributed by atoms with Crippen LogP contribution in [0.1, 0.15) is 72.1 Å². The van der Waals surface area contributed by atoms with Crippen molar-refractivity contribution < 1.29 is 39.0 Å². The normalized spacial score (nSPS) is 10.4. The SMILES string of the molecule is C/C(=C\C(=O)CCC(=O)O)CCC(=O)O.CC(=O)CCC(=O)CCC(C)=O. The summed E-state index contributed by atoms with van der Waals surface area (Å²) in [5.41, 5.74) is 0.660. The molecule has 0 aliphatic heterocycles. The molecule has 0 saturated heterocycles. The van der Waals surface area contributed by atoms with Crippen LogP contribution in [0.3, 0.4) is 0 Å². The molecule has 0 aliphatic carbocycles. The lowest BCUT2D eigenvalue weighted by molar-refractivity contribution is -0.138. The van der Waals surface area contributed by atoms with E-state index in [0.717, 1.165) is 0 Å². The summed E-state index contributed by atoms with van der Waals surface area (Å²) in [6.45, 7) is 4.57. The Kier molecular flexibility index (Phi) is 15.4. The number of carbonyl (C=O) groups is 6. The van der Waals surface area contributed by atoms with Gasteiger partial charge in [-0.1, -0.05) is 5.57 Å². The van der Waals surface area contributed by atoms with Crippen molar-refractivity contribution in [3.05, 3.63) is 11.6 Å². The third kappa shape index (κ3) is 23.4. The molecule has 0 fully saturated rings. The molecule has 0 aromatic carbocycles. The third-order valence-corrected chi connectivity index (χ3v) is 3.24. The molecule has 0 aromatic heterocycles. The molecule has 27 heavy (non-hydrogen) atoms. The second-order valence-electron chi connectivity index (χ2n) is 6.19. The molecule has 0 amide bonds. The van der Waals surface area contributed by atoms with Gasteiger partial charge in [0.1, 0.15) is 17.3 Å². The van der Waals surface area contributed by atoms with Crippen molar-refractivity contribution in [2.45, 2.75) is 72.1 Å². The topological polar surface area (TPSA) is 143 Å². The van der Waals surface area contributed by atoms with E-state index >= 15 is 0 Å². The second-order valence-corrected chi connectivity index (χ2v) is 6.19. The fourth-order valence-corrected chi connectivity index (χ4v) is 1.71. The van der Waals surface area contributed by atoms with Crippen molar-refractivity contribution >= 4 is 35.1 Å². The van der Waals surface area contributed by atoms with Gasteiger partial charge in [-0.3, -0.25) is 19.2 Å². The van der Waals surface area contributed by atoms with Gasteiger partial charge in [0.2, 0.25) is 0 Å². The van der Waals surface area contributed by atoms with E-state index in [1.165, 1.54) is 19.9 Å². The molecule has 0 heterocycles. The van der Waals surface area contributed by atoms with Gasteiger partial charge in [-0.05, 0) is 33.3 Å². The Morgan fingerprint density at radius 3 is 1.37 bits per heavy atom. The molecule has 0 rings (SSSR count). The summed E-state index contributed by atoms with van der Waals surface area (Å²) in [6.07, 6.45) is 2.54. The fourth-order valence-electron chi connectivity index (χ4n) is 1.71. The number of carbonyl (C=O) groups excluding carboxylic acids is 4. The Bertz CT molecular complexity index is 567. The van der Waals surface area contributed by atoms with E-state index in [-0.39, 0.29) is 55.2 Å². The van der Waals surface area contributed by atoms with Crippen molar-refractivity contribution in [3.8, 4) is 0 Å². The van der Waals surface area contributed by atoms with Gasteiger partial charge in [-0.25, -0.2) is 0 Å². The predicted molar refractivity (Wildman–Crippen MR) is 97.3 cm³/mol. The van der Waals surface area contributed by atoms with Crippen molar-refractivity contribution in [2.24, 2.45) is 0 Å². The first-order valence-electron chi connectivity index (χ1n) is 8.58. The summed E-state index contributed by atoms with van der Waals surface area (Å²) in [4.78, 5) is 63.4. The second kappa shape index (κ2) is 15.6. The predicted octanol–water partition coefficient (Wildman–Crippen LogP) is 2.53. The average Bonchev–Trinajstić information content (AvgIpc) is 2.55. The number of allylic oxidation sites excluding steroid dienone is 2. The Morgan fingerprint density at radius 1 is 0.593 bits per heavy atom. The number of carboxylic acid groups (broad SMARTS) is 2. The first-order chi connectivity index (χ1) is 12.4. The third-order valence-electron chi connectivity index (χ3n) is 3.24. The zero-order valence-electron chi connectivity index (χ0n) is 16.1. The number of Topliss-reactive ketones (excluding diaryl/α,β-unsaturated/α-hetero) is 3. The lowest BCUT2D eigenvalue weighted by atomic mass is 10.1. The molecule has 0 spiro atoms. The van der Waals surface area contributed by atoms with E-state index in [9.17, 15) is 28.8 Å². The van der Waals surface area contributed by atoms with E-state index in [0.29, 0.717) is 24.8 Å². The highest BCUT2D eigenvalue weighted by atomic mass is 16.4. The van der Waals surface area contributed by atoms with Gasteiger partial charge in [0.15, 0.2) is 5.78 Å². The van der Waals surface area contributed by atoms with Gasteiger partial charge in [0.05, 0.1) is 6.42 Å². The summed E-state index contributed by atoms with van der Waals surface area (Å²) in [5, 5.41) is 16.7. The highest BCUT2D eigenvalue weighted by Crippen LogP contribution is 2.05. The van der Waals surface area contributed by atoms with Crippen LogP contribution in [0.4, 0.5) is 0 Å². The van der Waals surface area contributed by atoms with Crippen molar-refractivity contribution in [3.63, 3.8) is 0 Å². The molecule has 8 heteroatoms. The lowest BCUT2D eigenvalue weighted by Gasteiger charge is -1.97. The van der Waals surface area contributed by atoms with Crippen LogP contribution in [0.2, 0.25) is 0 Å². The number of rotatable bonds is 13. The van der Waals surface area contributed by atoms with Gasteiger partial charge < -0.3 is 19.8 Å². The van der Waals surface area contributed by atoms with Crippen LogP contribution in [-0.4, -0.2) is 45.3 Å². The summed E-state index contributed by atoms with van der Waals surface area (Å²) >= 11 is 0. The summed E-state index contributed by atoms with van der Waals surface area (Å²) in [6, 6.07) is 0. The highest BCUT2D eigenvalue weighted by Gasteiger charge is 2.05. The minimum Gasteiger partial charge on any atom is -0.481 e. The smallest absolute Gasteiger partial charge is 0.303 e. The number of aliphatic carboxylic acids is 2. The molecular weight excluding hydrogens is 356 g/mol. The minimum absolute atomic E-state index is 0.000370. The van der Waals surface area contributed by atoms with Crippen molar-refractivity contribution in [1.29, 1.82) is 0 Å². The molecule has 8 nitrogen and oxygen atoms in total. The average molecular weight is 384 g/mol. The maximum absolute atomic E-state index is 11.1. The molecule has 0 aromatic rings. The van der Waals surface area contributed by atoms with Crippen LogP contribution in [-0.2, 0) is 28.8 Å². The first-order valence-corrected chi connectivity index (χ1v) is 8.58. The molecule has 0 saturated carbocycles. The molecular formula is C19H28O8. The number of carboxylic acids is 2. The summed E-state index contributed by atoms with van der Waals surface area (Å²) < 4.78 is 0. The van der Waals surface area contributed by atoms with E-state index in [4.69, 9.17) is 10.2 Å². The maximum Gasteiger partial charge on any atom is 0.303 e. The highest BCUT2D eigenvalue weighted by molar-refractivity contribution is 5.92. The minimum atomic E-state index is -1.01. The van der Waals surface area contributed by atoms with Crippen LogP contribution < -0.4 is 0 Å². The van der Waals surface area contributed by atoms with Crippen molar-refractivity contribution in [1.82, 2.24) is 0 Å². The number of ketones is 4. The largest absolute Gasteiger partial charge is 0.481 e. The van der Waals surface area contributed by atoms with E-state index < -0.39 is 11.9 Å². The molecule has 0 radical (unpaired) electrons. The monoisotopic (exact) mass is 384 g/mol. The van der Waals surface area contributed by atoms with Gasteiger partial charge in [-0.2, -0.15) is 0 Å². The van der Waals surface area contributed by atoms with Crippen molar-refractivity contribution in [2.75, 3.05) is 0 Å². The van der Waals surface area contributed by atoms with Gasteiger partial charge >= 0.3 is 11.9 Å². The molecule has 0 atom stereocenters. The van der Waals surface area contributed by atoms with Crippen LogP contribution in [0.5, 0.6) is 0 Å². The van der Waals surface area contributed by atoms with Gasteiger partial charge in [0, 0.05) is 38.5 Å². The molecule has 0 unspecified atom stereocenters. The summed E-state index contributed by atoms with van der Waals surface area (Å²) in [7, 11) is 0. The first kappa shape index (κ1) is 26.6. The zero-order chi connectivity index (χ0) is 21.4. The van der Waals surface area contributed by atoms with Gasteiger partial charge in [-0.15, -0.1) is 0 Å².